The third-order valence-electron chi connectivity index (χ3n) is 3.47. The van der Waals surface area contributed by atoms with Crippen LogP contribution in [-0.2, 0) is 9.53 Å². The Morgan fingerprint density at radius 2 is 2.09 bits per heavy atom. The topological polar surface area (TPSA) is 47.6 Å². The van der Waals surface area contributed by atoms with Gasteiger partial charge in [-0.2, -0.15) is 0 Å². The number of halogens is 1. The Morgan fingerprint density at radius 1 is 1.23 bits per heavy atom. The molecular formula is C17H16FNO3. The number of ether oxygens (including phenoxy) is 2. The molecule has 0 radical (unpaired) electrons. The summed E-state index contributed by atoms with van der Waals surface area (Å²) in [5.41, 5.74) is 0.559. The second-order valence-electron chi connectivity index (χ2n) is 5.11. The number of amides is 1. The van der Waals surface area contributed by atoms with Gasteiger partial charge in [-0.1, -0.05) is 18.2 Å². The average molecular weight is 301 g/mol. The third kappa shape index (κ3) is 3.43. The maximum atomic E-state index is 13.2. The molecule has 3 rings (SSSR count). The highest BCUT2D eigenvalue weighted by molar-refractivity contribution is 5.94. The van der Waals surface area contributed by atoms with Crippen LogP contribution in [0.1, 0.15) is 6.42 Å². The predicted octanol–water partition coefficient (Wildman–Crippen LogP) is 3.59. The van der Waals surface area contributed by atoms with Gasteiger partial charge in [0.2, 0.25) is 5.91 Å². The average Bonchev–Trinajstić information content (AvgIpc) is 3.04. The van der Waals surface area contributed by atoms with Crippen molar-refractivity contribution in [1.82, 2.24) is 0 Å². The number of anilines is 1. The fourth-order valence-corrected chi connectivity index (χ4v) is 2.29. The fraction of sp³-hybridized carbons (Fsp3) is 0.235. The van der Waals surface area contributed by atoms with Crippen molar-refractivity contribution in [3.63, 3.8) is 0 Å². The minimum atomic E-state index is -0.373. The van der Waals surface area contributed by atoms with Gasteiger partial charge in [-0.3, -0.25) is 4.79 Å². The van der Waals surface area contributed by atoms with Gasteiger partial charge in [0.25, 0.3) is 0 Å². The minimum Gasteiger partial charge on any atom is -0.455 e. The molecule has 2 aromatic rings. The maximum absolute atomic E-state index is 13.2. The van der Waals surface area contributed by atoms with Crippen molar-refractivity contribution in [1.29, 1.82) is 0 Å². The lowest BCUT2D eigenvalue weighted by Crippen LogP contribution is -2.23. The second-order valence-corrected chi connectivity index (χ2v) is 5.11. The predicted molar refractivity (Wildman–Crippen MR) is 80.5 cm³/mol. The molecule has 0 saturated carbocycles. The van der Waals surface area contributed by atoms with E-state index in [0.29, 0.717) is 30.4 Å². The van der Waals surface area contributed by atoms with Gasteiger partial charge in [-0.15, -0.1) is 0 Å². The molecule has 1 atom stereocenters. The van der Waals surface area contributed by atoms with Crippen LogP contribution in [0.4, 0.5) is 10.1 Å². The summed E-state index contributed by atoms with van der Waals surface area (Å²) >= 11 is 0. The molecule has 0 spiro atoms. The summed E-state index contributed by atoms with van der Waals surface area (Å²) in [5, 5.41) is 2.85. The van der Waals surface area contributed by atoms with Gasteiger partial charge in [0.05, 0.1) is 18.2 Å². The van der Waals surface area contributed by atoms with Crippen LogP contribution < -0.4 is 10.1 Å². The van der Waals surface area contributed by atoms with Gasteiger partial charge < -0.3 is 14.8 Å². The van der Waals surface area contributed by atoms with Crippen LogP contribution >= 0.6 is 0 Å². The lowest BCUT2D eigenvalue weighted by molar-refractivity contribution is -0.119. The van der Waals surface area contributed by atoms with Crippen LogP contribution in [-0.4, -0.2) is 19.1 Å². The molecule has 2 aromatic carbocycles. The highest BCUT2D eigenvalue weighted by Crippen LogP contribution is 2.30. The van der Waals surface area contributed by atoms with Crippen molar-refractivity contribution in [3.8, 4) is 11.5 Å². The van der Waals surface area contributed by atoms with Crippen LogP contribution in [0, 0.1) is 11.7 Å². The summed E-state index contributed by atoms with van der Waals surface area (Å²) in [5.74, 6) is 0.253. The van der Waals surface area contributed by atoms with Crippen molar-refractivity contribution in [3.05, 3.63) is 54.3 Å². The SMILES string of the molecule is O=C(Nc1ccccc1Oc1cccc(F)c1)C1CCOC1. The minimum absolute atomic E-state index is 0.0900. The van der Waals surface area contributed by atoms with E-state index in [1.165, 1.54) is 12.1 Å². The number of hydrogen-bond donors (Lipinski definition) is 1. The van der Waals surface area contributed by atoms with Crippen molar-refractivity contribution in [2.24, 2.45) is 5.92 Å². The van der Waals surface area contributed by atoms with E-state index in [1.54, 1.807) is 36.4 Å². The molecule has 0 aromatic heterocycles. The van der Waals surface area contributed by atoms with E-state index in [2.05, 4.69) is 5.32 Å². The lowest BCUT2D eigenvalue weighted by atomic mass is 10.1. The number of benzene rings is 2. The Hall–Kier alpha value is -2.40. The smallest absolute Gasteiger partial charge is 0.230 e. The second kappa shape index (κ2) is 6.58. The van der Waals surface area contributed by atoms with Gasteiger partial charge >= 0.3 is 0 Å². The zero-order valence-corrected chi connectivity index (χ0v) is 11.9. The van der Waals surface area contributed by atoms with E-state index >= 15 is 0 Å². The molecule has 22 heavy (non-hydrogen) atoms. The summed E-state index contributed by atoms with van der Waals surface area (Å²) in [4.78, 5) is 12.2. The first-order valence-corrected chi connectivity index (χ1v) is 7.13. The molecule has 0 bridgehead atoms. The molecule has 0 aliphatic carbocycles. The van der Waals surface area contributed by atoms with E-state index in [0.717, 1.165) is 6.42 Å². The van der Waals surface area contributed by atoms with Gasteiger partial charge in [0, 0.05) is 12.7 Å². The first-order chi connectivity index (χ1) is 10.7. The molecule has 1 saturated heterocycles. The molecule has 5 heteroatoms. The van der Waals surface area contributed by atoms with Crippen molar-refractivity contribution in [2.75, 3.05) is 18.5 Å². The van der Waals surface area contributed by atoms with Crippen LogP contribution in [0.3, 0.4) is 0 Å². The number of para-hydroxylation sites is 2. The standard InChI is InChI=1S/C17H16FNO3/c18-13-4-3-5-14(10-13)22-16-7-2-1-6-15(16)19-17(20)12-8-9-21-11-12/h1-7,10,12H,8-9,11H2,(H,19,20). The largest absolute Gasteiger partial charge is 0.455 e. The third-order valence-corrected chi connectivity index (χ3v) is 3.47. The molecule has 1 aliphatic rings. The lowest BCUT2D eigenvalue weighted by Gasteiger charge is -2.14. The van der Waals surface area contributed by atoms with Crippen LogP contribution in [0.25, 0.3) is 0 Å². The molecule has 1 heterocycles. The van der Waals surface area contributed by atoms with Crippen LogP contribution in [0.5, 0.6) is 11.5 Å². The molecule has 1 unspecified atom stereocenters. The molecule has 1 fully saturated rings. The van der Waals surface area contributed by atoms with Crippen molar-refractivity contribution >= 4 is 11.6 Å². The van der Waals surface area contributed by atoms with Crippen molar-refractivity contribution < 1.29 is 18.7 Å². The summed E-state index contributed by atoms with van der Waals surface area (Å²) in [7, 11) is 0. The summed E-state index contributed by atoms with van der Waals surface area (Å²) < 4.78 is 24.1. The van der Waals surface area contributed by atoms with Gasteiger partial charge in [-0.05, 0) is 30.7 Å². The Morgan fingerprint density at radius 3 is 2.86 bits per heavy atom. The maximum Gasteiger partial charge on any atom is 0.230 e. The summed E-state index contributed by atoms with van der Waals surface area (Å²) in [6.07, 6.45) is 0.721. The Kier molecular flexibility index (Phi) is 4.34. The van der Waals surface area contributed by atoms with E-state index in [-0.39, 0.29) is 17.6 Å². The number of carbonyl (C=O) groups is 1. The zero-order valence-electron chi connectivity index (χ0n) is 11.9. The van der Waals surface area contributed by atoms with Crippen LogP contribution in [0.2, 0.25) is 0 Å². The number of nitrogens with one attached hydrogen (secondary N) is 1. The molecule has 1 aliphatic heterocycles. The number of carbonyl (C=O) groups excluding carboxylic acids is 1. The van der Waals surface area contributed by atoms with E-state index in [4.69, 9.17) is 9.47 Å². The van der Waals surface area contributed by atoms with Crippen LogP contribution in [0.15, 0.2) is 48.5 Å². The molecule has 114 valence electrons. The van der Waals surface area contributed by atoms with Gasteiger partial charge in [0.15, 0.2) is 5.75 Å². The first-order valence-electron chi connectivity index (χ1n) is 7.13. The zero-order chi connectivity index (χ0) is 15.4. The van der Waals surface area contributed by atoms with E-state index < -0.39 is 0 Å². The van der Waals surface area contributed by atoms with E-state index in [9.17, 15) is 9.18 Å². The number of hydrogen-bond acceptors (Lipinski definition) is 3. The monoisotopic (exact) mass is 301 g/mol. The molecule has 1 N–H and O–H groups in total. The van der Waals surface area contributed by atoms with E-state index in [1.807, 2.05) is 0 Å². The first kappa shape index (κ1) is 14.5. The highest BCUT2D eigenvalue weighted by atomic mass is 19.1. The van der Waals surface area contributed by atoms with Gasteiger partial charge in [-0.25, -0.2) is 4.39 Å². The quantitative estimate of drug-likeness (QED) is 0.938. The van der Waals surface area contributed by atoms with Gasteiger partial charge in [0.1, 0.15) is 11.6 Å². The molecular weight excluding hydrogens is 285 g/mol. The Bertz CT molecular complexity index is 668. The molecule has 4 nitrogen and oxygen atoms in total. The highest BCUT2D eigenvalue weighted by Gasteiger charge is 2.24. The fourth-order valence-electron chi connectivity index (χ4n) is 2.29. The Balaban J connectivity index is 1.76. The number of rotatable bonds is 4. The summed E-state index contributed by atoms with van der Waals surface area (Å²) in [6.45, 7) is 1.05. The Labute approximate surface area is 127 Å². The van der Waals surface area contributed by atoms with Crippen molar-refractivity contribution in [2.45, 2.75) is 6.42 Å². The summed E-state index contributed by atoms with van der Waals surface area (Å²) in [6, 6.07) is 13.0. The normalized spacial score (nSPS) is 17.2. The molecule has 1 amide bonds.